The van der Waals surface area contributed by atoms with Crippen LogP contribution in [0.1, 0.15) is 26.2 Å². The average Bonchev–Trinajstić information content (AvgIpc) is 2.93. The van der Waals surface area contributed by atoms with Crippen LogP contribution in [0.5, 0.6) is 0 Å². The minimum absolute atomic E-state index is 0.195. The number of likely N-dealkylation sites (tertiary alicyclic amines) is 1. The second kappa shape index (κ2) is 6.80. The summed E-state index contributed by atoms with van der Waals surface area (Å²) in [6.45, 7) is 2.37. The van der Waals surface area contributed by atoms with Gasteiger partial charge in [-0.05, 0) is 43.5 Å². The number of benzene rings is 1. The zero-order chi connectivity index (χ0) is 15.4. The van der Waals surface area contributed by atoms with Crippen molar-refractivity contribution in [3.05, 3.63) is 29.3 Å². The SMILES string of the molecule is CCC1CCCN1C(=O)N(CC(=O)O)c1ccc(Cl)cc1. The van der Waals surface area contributed by atoms with E-state index in [1.807, 2.05) is 6.92 Å². The summed E-state index contributed by atoms with van der Waals surface area (Å²) in [5, 5.41) is 9.63. The third-order valence-electron chi connectivity index (χ3n) is 3.76. The molecule has 0 radical (unpaired) electrons. The number of carbonyl (C=O) groups is 2. The lowest BCUT2D eigenvalue weighted by atomic mass is 10.2. The lowest BCUT2D eigenvalue weighted by Crippen LogP contribution is -2.47. The molecule has 1 aromatic carbocycles. The lowest BCUT2D eigenvalue weighted by molar-refractivity contribution is -0.135. The van der Waals surface area contributed by atoms with Crippen LogP contribution in [0.4, 0.5) is 10.5 Å². The van der Waals surface area contributed by atoms with Gasteiger partial charge >= 0.3 is 12.0 Å². The fourth-order valence-corrected chi connectivity index (χ4v) is 2.82. The number of rotatable bonds is 4. The fraction of sp³-hybridized carbons (Fsp3) is 0.467. The molecule has 1 aromatic rings. The molecule has 2 rings (SSSR count). The summed E-state index contributed by atoms with van der Waals surface area (Å²) in [7, 11) is 0. The molecule has 0 bridgehead atoms. The number of carbonyl (C=O) groups excluding carboxylic acids is 1. The normalized spacial score (nSPS) is 17.8. The van der Waals surface area contributed by atoms with Gasteiger partial charge in [-0.3, -0.25) is 9.69 Å². The molecule has 0 saturated carbocycles. The van der Waals surface area contributed by atoms with Crippen LogP contribution in [-0.4, -0.2) is 41.1 Å². The van der Waals surface area contributed by atoms with Gasteiger partial charge in [0.25, 0.3) is 0 Å². The van der Waals surface area contributed by atoms with E-state index in [2.05, 4.69) is 0 Å². The summed E-state index contributed by atoms with van der Waals surface area (Å²) in [4.78, 5) is 26.8. The number of aliphatic carboxylic acids is 1. The molecule has 6 heteroatoms. The van der Waals surface area contributed by atoms with E-state index in [-0.39, 0.29) is 18.6 Å². The Morgan fingerprint density at radius 2 is 2.05 bits per heavy atom. The molecule has 1 unspecified atom stereocenters. The van der Waals surface area contributed by atoms with E-state index in [9.17, 15) is 9.59 Å². The van der Waals surface area contributed by atoms with E-state index in [0.717, 1.165) is 19.3 Å². The van der Waals surface area contributed by atoms with Gasteiger partial charge in [0.15, 0.2) is 0 Å². The molecular formula is C15H19ClN2O3. The van der Waals surface area contributed by atoms with Crippen LogP contribution in [0.15, 0.2) is 24.3 Å². The van der Waals surface area contributed by atoms with Crippen LogP contribution in [-0.2, 0) is 4.79 Å². The van der Waals surface area contributed by atoms with Crippen LogP contribution in [0.3, 0.4) is 0 Å². The molecule has 1 fully saturated rings. The molecule has 1 aliphatic heterocycles. The summed E-state index contributed by atoms with van der Waals surface area (Å²) in [5.41, 5.74) is 0.550. The molecule has 1 atom stereocenters. The van der Waals surface area contributed by atoms with Crippen molar-refractivity contribution >= 4 is 29.3 Å². The molecule has 2 amide bonds. The molecule has 1 saturated heterocycles. The Labute approximate surface area is 129 Å². The van der Waals surface area contributed by atoms with E-state index < -0.39 is 5.97 Å². The molecule has 1 N–H and O–H groups in total. The minimum Gasteiger partial charge on any atom is -0.480 e. The van der Waals surface area contributed by atoms with Gasteiger partial charge in [-0.2, -0.15) is 0 Å². The third kappa shape index (κ3) is 3.67. The van der Waals surface area contributed by atoms with Crippen molar-refractivity contribution in [1.82, 2.24) is 4.90 Å². The van der Waals surface area contributed by atoms with Crippen molar-refractivity contribution in [2.45, 2.75) is 32.2 Å². The number of halogens is 1. The number of carboxylic acids is 1. The number of anilines is 1. The molecule has 114 valence electrons. The maximum absolute atomic E-state index is 12.7. The van der Waals surface area contributed by atoms with Gasteiger partial charge < -0.3 is 10.0 Å². The number of carboxylic acid groups (broad SMARTS) is 1. The fourth-order valence-electron chi connectivity index (χ4n) is 2.69. The van der Waals surface area contributed by atoms with Crippen LogP contribution in [0.2, 0.25) is 5.02 Å². The van der Waals surface area contributed by atoms with E-state index in [4.69, 9.17) is 16.7 Å². The van der Waals surface area contributed by atoms with E-state index in [1.165, 1.54) is 4.90 Å². The maximum Gasteiger partial charge on any atom is 0.325 e. The Morgan fingerprint density at radius 1 is 1.38 bits per heavy atom. The molecule has 21 heavy (non-hydrogen) atoms. The number of amides is 2. The Morgan fingerprint density at radius 3 is 2.62 bits per heavy atom. The Hall–Kier alpha value is -1.75. The topological polar surface area (TPSA) is 60.9 Å². The number of hydrogen-bond acceptors (Lipinski definition) is 2. The lowest BCUT2D eigenvalue weighted by Gasteiger charge is -2.30. The summed E-state index contributed by atoms with van der Waals surface area (Å²) < 4.78 is 0. The molecule has 0 aromatic heterocycles. The van der Waals surface area contributed by atoms with E-state index in [0.29, 0.717) is 17.3 Å². The highest BCUT2D eigenvalue weighted by molar-refractivity contribution is 6.30. The van der Waals surface area contributed by atoms with Gasteiger partial charge in [-0.1, -0.05) is 18.5 Å². The smallest absolute Gasteiger partial charge is 0.325 e. The molecule has 0 aliphatic carbocycles. The van der Waals surface area contributed by atoms with E-state index in [1.54, 1.807) is 29.2 Å². The van der Waals surface area contributed by atoms with Crippen LogP contribution < -0.4 is 4.90 Å². The first-order valence-electron chi connectivity index (χ1n) is 7.08. The number of urea groups is 1. The first-order valence-corrected chi connectivity index (χ1v) is 7.46. The third-order valence-corrected chi connectivity index (χ3v) is 4.01. The predicted octanol–water partition coefficient (Wildman–Crippen LogP) is 3.23. The maximum atomic E-state index is 12.7. The van der Waals surface area contributed by atoms with Crippen LogP contribution in [0.25, 0.3) is 0 Å². The molecule has 1 aliphatic rings. The Kier molecular flexibility index (Phi) is 5.07. The Bertz CT molecular complexity index is 518. The second-order valence-electron chi connectivity index (χ2n) is 5.14. The van der Waals surface area contributed by atoms with Gasteiger partial charge in [-0.25, -0.2) is 4.79 Å². The van der Waals surface area contributed by atoms with Crippen molar-refractivity contribution < 1.29 is 14.7 Å². The quantitative estimate of drug-likeness (QED) is 0.928. The molecular weight excluding hydrogens is 292 g/mol. The highest BCUT2D eigenvalue weighted by atomic mass is 35.5. The zero-order valence-electron chi connectivity index (χ0n) is 12.0. The van der Waals surface area contributed by atoms with Gasteiger partial charge in [0, 0.05) is 23.3 Å². The minimum atomic E-state index is -1.04. The van der Waals surface area contributed by atoms with Crippen LogP contribution in [0, 0.1) is 0 Å². The zero-order valence-corrected chi connectivity index (χ0v) is 12.7. The summed E-state index contributed by atoms with van der Waals surface area (Å²) >= 11 is 5.84. The monoisotopic (exact) mass is 310 g/mol. The van der Waals surface area contributed by atoms with Gasteiger partial charge in [0.2, 0.25) is 0 Å². The second-order valence-corrected chi connectivity index (χ2v) is 5.57. The van der Waals surface area contributed by atoms with Crippen molar-refractivity contribution in [3.63, 3.8) is 0 Å². The number of nitrogens with zero attached hydrogens (tertiary/aromatic N) is 2. The first-order chi connectivity index (χ1) is 10.0. The standard InChI is InChI=1S/C15H19ClN2O3/c1-2-12-4-3-9-17(12)15(21)18(10-14(19)20)13-7-5-11(16)6-8-13/h5-8,12H,2-4,9-10H2,1H3,(H,19,20). The number of hydrogen-bond donors (Lipinski definition) is 1. The van der Waals surface area contributed by atoms with Crippen molar-refractivity contribution in [2.75, 3.05) is 18.0 Å². The van der Waals surface area contributed by atoms with Crippen molar-refractivity contribution in [1.29, 1.82) is 0 Å². The van der Waals surface area contributed by atoms with E-state index >= 15 is 0 Å². The van der Waals surface area contributed by atoms with Gasteiger partial charge in [-0.15, -0.1) is 0 Å². The molecule has 1 heterocycles. The Balaban J connectivity index is 2.24. The van der Waals surface area contributed by atoms with Crippen LogP contribution >= 0.6 is 11.6 Å². The highest BCUT2D eigenvalue weighted by Crippen LogP contribution is 2.25. The van der Waals surface area contributed by atoms with Gasteiger partial charge in [0.1, 0.15) is 6.54 Å². The summed E-state index contributed by atoms with van der Waals surface area (Å²) in [5.74, 6) is -1.04. The summed E-state index contributed by atoms with van der Waals surface area (Å²) in [6, 6.07) is 6.59. The molecule has 5 nitrogen and oxygen atoms in total. The van der Waals surface area contributed by atoms with Crippen molar-refractivity contribution in [2.24, 2.45) is 0 Å². The highest BCUT2D eigenvalue weighted by Gasteiger charge is 2.32. The molecule has 0 spiro atoms. The summed E-state index contributed by atoms with van der Waals surface area (Å²) in [6.07, 6.45) is 2.82. The average molecular weight is 311 g/mol. The van der Waals surface area contributed by atoms with Crippen molar-refractivity contribution in [3.8, 4) is 0 Å². The predicted molar refractivity (Wildman–Crippen MR) is 81.8 cm³/mol. The first kappa shape index (κ1) is 15.6. The van der Waals surface area contributed by atoms with Gasteiger partial charge in [0.05, 0.1) is 0 Å². The largest absolute Gasteiger partial charge is 0.480 e.